The normalized spacial score (nSPS) is 11.8. The highest BCUT2D eigenvalue weighted by Gasteiger charge is 2.31. The maximum absolute atomic E-state index is 11.7. The van der Waals surface area contributed by atoms with Gasteiger partial charge in [-0.15, -0.1) is 0 Å². The van der Waals surface area contributed by atoms with E-state index in [1.54, 1.807) is 47.6 Å². The number of unbranched alkanes of at least 4 members (excludes halogenated alkanes) is 3. The first kappa shape index (κ1) is 32.2. The number of aryl methyl sites for hydroxylation is 1. The van der Waals surface area contributed by atoms with E-state index in [-0.39, 0.29) is 34.4 Å². The van der Waals surface area contributed by atoms with Gasteiger partial charge in [-0.1, -0.05) is 73.8 Å². The van der Waals surface area contributed by atoms with Crippen LogP contribution in [-0.4, -0.2) is 20.1 Å². The number of nitro groups is 2. The predicted octanol–water partition coefficient (Wildman–Crippen LogP) is 9.22. The fourth-order valence-electron chi connectivity index (χ4n) is 4.71. The zero-order valence-electron chi connectivity index (χ0n) is 25.3. The van der Waals surface area contributed by atoms with Gasteiger partial charge < -0.3 is 19.7 Å². The minimum absolute atomic E-state index is 0.172. The van der Waals surface area contributed by atoms with Crippen molar-refractivity contribution in [1.29, 1.82) is 0 Å². The van der Waals surface area contributed by atoms with Gasteiger partial charge in [-0.3, -0.25) is 20.2 Å². The molecule has 0 aromatic heterocycles. The van der Waals surface area contributed by atoms with Crippen molar-refractivity contribution in [3.8, 4) is 34.5 Å². The van der Waals surface area contributed by atoms with Crippen LogP contribution >= 0.6 is 0 Å². The SMILES string of the molecule is CCCCCCc1ccc(Oc2cc(O)c([N+](=O)[O-])c(C(C)(C)C)c2)c(Oc2cc(O)c([N+](=O)[O-])c(C(C)(C)C)c2)c1. The molecule has 2 N–H and O–H groups in total. The first-order valence-electron chi connectivity index (χ1n) is 14.0. The van der Waals surface area contributed by atoms with Crippen LogP contribution in [-0.2, 0) is 17.3 Å². The fourth-order valence-corrected chi connectivity index (χ4v) is 4.71. The maximum Gasteiger partial charge on any atom is 0.314 e. The van der Waals surface area contributed by atoms with Gasteiger partial charge in [-0.25, -0.2) is 0 Å². The Hall–Kier alpha value is -4.34. The van der Waals surface area contributed by atoms with Crippen LogP contribution in [0.4, 0.5) is 11.4 Å². The van der Waals surface area contributed by atoms with Crippen molar-refractivity contribution in [3.63, 3.8) is 0 Å². The van der Waals surface area contributed by atoms with Crippen molar-refractivity contribution in [2.24, 2.45) is 0 Å². The molecule has 3 aromatic rings. The van der Waals surface area contributed by atoms with Crippen LogP contribution in [0.5, 0.6) is 34.5 Å². The molecule has 0 aliphatic rings. The van der Waals surface area contributed by atoms with Crippen molar-refractivity contribution in [3.05, 3.63) is 79.4 Å². The van der Waals surface area contributed by atoms with E-state index in [1.165, 1.54) is 24.3 Å². The van der Waals surface area contributed by atoms with Crippen LogP contribution in [0.2, 0.25) is 0 Å². The Bertz CT molecular complexity index is 1470. The van der Waals surface area contributed by atoms with E-state index in [9.17, 15) is 30.4 Å². The third-order valence-corrected chi connectivity index (χ3v) is 6.89. The monoisotopic (exact) mass is 580 g/mol. The summed E-state index contributed by atoms with van der Waals surface area (Å²) >= 11 is 0. The number of hydrogen-bond acceptors (Lipinski definition) is 8. The third kappa shape index (κ3) is 7.69. The number of aromatic hydroxyl groups is 2. The second kappa shape index (κ2) is 12.7. The quantitative estimate of drug-likeness (QED) is 0.130. The van der Waals surface area contributed by atoms with Crippen molar-refractivity contribution in [1.82, 2.24) is 0 Å². The number of hydrogen-bond donors (Lipinski definition) is 2. The maximum atomic E-state index is 11.7. The van der Waals surface area contributed by atoms with Crippen molar-refractivity contribution >= 4 is 11.4 Å². The van der Waals surface area contributed by atoms with Gasteiger partial charge >= 0.3 is 11.4 Å². The van der Waals surface area contributed by atoms with Gasteiger partial charge in [-0.2, -0.15) is 0 Å². The lowest BCUT2D eigenvalue weighted by atomic mass is 9.85. The lowest BCUT2D eigenvalue weighted by Crippen LogP contribution is -2.14. The van der Waals surface area contributed by atoms with Gasteiger partial charge in [0.2, 0.25) is 0 Å². The molecule has 10 nitrogen and oxygen atoms in total. The van der Waals surface area contributed by atoms with Crippen LogP contribution in [0.3, 0.4) is 0 Å². The topological polar surface area (TPSA) is 145 Å². The molecular formula is C32H40N2O8. The molecule has 0 aliphatic carbocycles. The molecule has 3 rings (SSSR count). The molecule has 0 spiro atoms. The van der Waals surface area contributed by atoms with E-state index in [4.69, 9.17) is 9.47 Å². The standard InChI is InChI=1S/C32H40N2O8/c1-8-9-10-11-12-20-13-14-27(41-21-16-23(31(2,3)4)29(33(37)38)25(35)18-21)28(15-20)42-22-17-24(32(5,6)7)30(34(39)40)26(36)19-22/h13-19,35-36H,8-12H2,1-7H3. The third-order valence-electron chi connectivity index (χ3n) is 6.89. The number of benzene rings is 3. The molecule has 3 aromatic carbocycles. The van der Waals surface area contributed by atoms with Gasteiger partial charge in [0.1, 0.15) is 11.5 Å². The number of nitrogens with zero attached hydrogens (tertiary/aromatic N) is 2. The summed E-state index contributed by atoms with van der Waals surface area (Å²) in [7, 11) is 0. The number of rotatable bonds is 11. The summed E-state index contributed by atoms with van der Waals surface area (Å²) in [6, 6.07) is 10.9. The van der Waals surface area contributed by atoms with Crippen LogP contribution in [0, 0.1) is 20.2 Å². The molecular weight excluding hydrogens is 540 g/mol. The molecule has 0 saturated heterocycles. The molecule has 0 unspecified atom stereocenters. The van der Waals surface area contributed by atoms with Crippen molar-refractivity contribution in [2.45, 2.75) is 91.4 Å². The van der Waals surface area contributed by atoms with E-state index < -0.39 is 32.2 Å². The number of phenols is 2. The molecule has 0 fully saturated rings. The van der Waals surface area contributed by atoms with Crippen molar-refractivity contribution < 1.29 is 29.5 Å². The molecule has 0 aliphatic heterocycles. The molecule has 0 atom stereocenters. The van der Waals surface area contributed by atoms with Gasteiger partial charge in [0.05, 0.1) is 9.85 Å². The zero-order valence-corrected chi connectivity index (χ0v) is 25.3. The van der Waals surface area contributed by atoms with Crippen molar-refractivity contribution in [2.75, 3.05) is 0 Å². The van der Waals surface area contributed by atoms with E-state index in [1.807, 2.05) is 12.1 Å². The summed E-state index contributed by atoms with van der Waals surface area (Å²) in [6.45, 7) is 13.0. The summed E-state index contributed by atoms with van der Waals surface area (Å²) in [6.07, 6.45) is 5.09. The smallest absolute Gasteiger partial charge is 0.314 e. The van der Waals surface area contributed by atoms with Crippen LogP contribution in [0.25, 0.3) is 0 Å². The number of phenolic OH excluding ortho intramolecular Hbond substituents is 2. The molecule has 10 heteroatoms. The fraction of sp³-hybridized carbons (Fsp3) is 0.438. The van der Waals surface area contributed by atoms with Gasteiger partial charge in [0.15, 0.2) is 23.0 Å². The van der Waals surface area contributed by atoms with Crippen LogP contribution < -0.4 is 9.47 Å². The number of ether oxygens (including phenoxy) is 2. The van der Waals surface area contributed by atoms with Gasteiger partial charge in [0.25, 0.3) is 0 Å². The molecule has 226 valence electrons. The summed E-state index contributed by atoms with van der Waals surface area (Å²) in [4.78, 5) is 22.2. The average Bonchev–Trinajstić information content (AvgIpc) is 2.85. The molecule has 0 saturated carbocycles. The first-order valence-corrected chi connectivity index (χ1v) is 14.0. The lowest BCUT2D eigenvalue weighted by Gasteiger charge is -2.22. The summed E-state index contributed by atoms with van der Waals surface area (Å²) in [5.41, 5.74) is -0.516. The minimum Gasteiger partial charge on any atom is -0.502 e. The Morgan fingerprint density at radius 1 is 0.690 bits per heavy atom. The van der Waals surface area contributed by atoms with E-state index >= 15 is 0 Å². The lowest BCUT2D eigenvalue weighted by molar-refractivity contribution is -0.387. The van der Waals surface area contributed by atoms with Crippen LogP contribution in [0.1, 0.15) is 90.8 Å². The Kier molecular flexibility index (Phi) is 9.71. The summed E-state index contributed by atoms with van der Waals surface area (Å²) in [5.74, 6) is -0.145. The Labute approximate surface area is 246 Å². The highest BCUT2D eigenvalue weighted by Crippen LogP contribution is 2.45. The number of nitro benzene ring substituents is 2. The molecule has 0 bridgehead atoms. The van der Waals surface area contributed by atoms with Gasteiger partial charge in [0, 0.05) is 23.3 Å². The molecule has 0 heterocycles. The Morgan fingerprint density at radius 2 is 1.17 bits per heavy atom. The second-order valence-electron chi connectivity index (χ2n) is 12.5. The highest BCUT2D eigenvalue weighted by atomic mass is 16.6. The van der Waals surface area contributed by atoms with E-state index in [0.29, 0.717) is 11.1 Å². The van der Waals surface area contributed by atoms with E-state index in [0.717, 1.165) is 37.7 Å². The molecule has 0 radical (unpaired) electrons. The Morgan fingerprint density at radius 3 is 1.60 bits per heavy atom. The summed E-state index contributed by atoms with van der Waals surface area (Å²) < 4.78 is 12.4. The Balaban J connectivity index is 2.11. The summed E-state index contributed by atoms with van der Waals surface area (Å²) in [5, 5.41) is 44.5. The van der Waals surface area contributed by atoms with E-state index in [2.05, 4.69) is 6.92 Å². The zero-order chi connectivity index (χ0) is 31.4. The second-order valence-corrected chi connectivity index (χ2v) is 12.5. The average molecular weight is 581 g/mol. The van der Waals surface area contributed by atoms with Crippen LogP contribution in [0.15, 0.2) is 42.5 Å². The van der Waals surface area contributed by atoms with Gasteiger partial charge in [-0.05, 0) is 53.5 Å². The predicted molar refractivity (Wildman–Crippen MR) is 161 cm³/mol. The largest absolute Gasteiger partial charge is 0.502 e. The first-order chi connectivity index (χ1) is 19.5. The minimum atomic E-state index is -0.667. The molecule has 42 heavy (non-hydrogen) atoms. The highest BCUT2D eigenvalue weighted by molar-refractivity contribution is 5.61. The molecule has 0 amide bonds.